The van der Waals surface area contributed by atoms with Crippen LogP contribution in [-0.2, 0) is 6.42 Å². The number of benzene rings is 1. The zero-order chi connectivity index (χ0) is 11.0. The Balaban J connectivity index is 2.60. The highest BCUT2D eigenvalue weighted by Gasteiger charge is 2.22. The third kappa shape index (κ3) is 1.63. The molecule has 2 rings (SSSR count). The number of rotatable bonds is 1. The van der Waals surface area contributed by atoms with E-state index in [0.29, 0.717) is 17.5 Å². The SMILES string of the molecule is Cc1cc2c(cc1[N+](=O)[O-])C(=O)CCC2. The minimum Gasteiger partial charge on any atom is -0.294 e. The highest BCUT2D eigenvalue weighted by Crippen LogP contribution is 2.28. The van der Waals surface area contributed by atoms with Gasteiger partial charge in [-0.15, -0.1) is 0 Å². The van der Waals surface area contributed by atoms with E-state index in [-0.39, 0.29) is 11.5 Å². The molecule has 4 nitrogen and oxygen atoms in total. The molecule has 0 N–H and O–H groups in total. The second-order valence-corrected chi connectivity index (χ2v) is 3.83. The molecule has 0 spiro atoms. The Bertz CT molecular complexity index is 451. The zero-order valence-electron chi connectivity index (χ0n) is 8.45. The maximum absolute atomic E-state index is 11.5. The van der Waals surface area contributed by atoms with Crippen molar-refractivity contribution in [3.63, 3.8) is 0 Å². The normalized spacial score (nSPS) is 14.9. The van der Waals surface area contributed by atoms with Gasteiger partial charge >= 0.3 is 0 Å². The molecule has 1 aromatic rings. The van der Waals surface area contributed by atoms with Crippen molar-refractivity contribution in [2.75, 3.05) is 0 Å². The fourth-order valence-corrected chi connectivity index (χ4v) is 1.99. The third-order valence-electron chi connectivity index (χ3n) is 2.77. The molecule has 0 aliphatic heterocycles. The van der Waals surface area contributed by atoms with E-state index in [0.717, 1.165) is 18.4 Å². The fraction of sp³-hybridized carbons (Fsp3) is 0.364. The fourth-order valence-electron chi connectivity index (χ4n) is 1.99. The highest BCUT2D eigenvalue weighted by atomic mass is 16.6. The summed E-state index contributed by atoms with van der Waals surface area (Å²) < 4.78 is 0. The van der Waals surface area contributed by atoms with Crippen molar-refractivity contribution >= 4 is 11.5 Å². The summed E-state index contributed by atoms with van der Waals surface area (Å²) >= 11 is 0. The first-order valence-corrected chi connectivity index (χ1v) is 4.90. The van der Waals surface area contributed by atoms with Crippen LogP contribution in [0.3, 0.4) is 0 Å². The maximum atomic E-state index is 11.5. The van der Waals surface area contributed by atoms with E-state index >= 15 is 0 Å². The first-order chi connectivity index (χ1) is 7.09. The number of carbonyl (C=O) groups is 1. The minimum atomic E-state index is -0.433. The van der Waals surface area contributed by atoms with Crippen molar-refractivity contribution in [1.82, 2.24) is 0 Å². The number of hydrogen-bond donors (Lipinski definition) is 0. The van der Waals surface area contributed by atoms with Crippen LogP contribution in [0.5, 0.6) is 0 Å². The molecular formula is C11H11NO3. The summed E-state index contributed by atoms with van der Waals surface area (Å²) in [5, 5.41) is 10.7. The van der Waals surface area contributed by atoms with Crippen LogP contribution in [0.4, 0.5) is 5.69 Å². The molecule has 0 atom stereocenters. The third-order valence-corrected chi connectivity index (χ3v) is 2.77. The number of hydrogen-bond acceptors (Lipinski definition) is 3. The van der Waals surface area contributed by atoms with Crippen molar-refractivity contribution in [2.45, 2.75) is 26.2 Å². The monoisotopic (exact) mass is 205 g/mol. The highest BCUT2D eigenvalue weighted by molar-refractivity contribution is 5.99. The number of nitro benzene ring substituents is 1. The number of carbonyl (C=O) groups excluding carboxylic acids is 1. The lowest BCUT2D eigenvalue weighted by atomic mass is 9.89. The number of aryl methyl sites for hydroxylation is 2. The van der Waals surface area contributed by atoms with E-state index in [1.54, 1.807) is 13.0 Å². The molecule has 0 unspecified atom stereocenters. The molecule has 0 amide bonds. The van der Waals surface area contributed by atoms with E-state index < -0.39 is 4.92 Å². The standard InChI is InChI=1S/C11H11NO3/c1-7-5-8-3-2-4-11(13)9(8)6-10(7)12(14)15/h5-6H,2-4H2,1H3. The van der Waals surface area contributed by atoms with Crippen LogP contribution in [0, 0.1) is 17.0 Å². The van der Waals surface area contributed by atoms with Crippen LogP contribution in [0.2, 0.25) is 0 Å². The number of nitro groups is 1. The molecule has 1 aliphatic carbocycles. The van der Waals surface area contributed by atoms with Crippen molar-refractivity contribution < 1.29 is 9.72 Å². The molecule has 0 saturated carbocycles. The predicted octanol–water partition coefficient (Wildman–Crippen LogP) is 2.42. The summed E-state index contributed by atoms with van der Waals surface area (Å²) in [5.41, 5.74) is 2.17. The van der Waals surface area contributed by atoms with E-state index in [1.807, 2.05) is 0 Å². The molecule has 1 aliphatic rings. The van der Waals surface area contributed by atoms with Gasteiger partial charge < -0.3 is 0 Å². The van der Waals surface area contributed by atoms with E-state index in [1.165, 1.54) is 6.07 Å². The molecule has 0 heterocycles. The molecule has 0 aromatic heterocycles. The van der Waals surface area contributed by atoms with Gasteiger partial charge in [-0.05, 0) is 31.4 Å². The maximum Gasteiger partial charge on any atom is 0.273 e. The van der Waals surface area contributed by atoms with Crippen LogP contribution in [-0.4, -0.2) is 10.7 Å². The van der Waals surface area contributed by atoms with Gasteiger partial charge in [0.05, 0.1) is 4.92 Å². The predicted molar refractivity (Wildman–Crippen MR) is 55.1 cm³/mol. The van der Waals surface area contributed by atoms with Gasteiger partial charge in [-0.25, -0.2) is 0 Å². The summed E-state index contributed by atoms with van der Waals surface area (Å²) in [7, 11) is 0. The largest absolute Gasteiger partial charge is 0.294 e. The van der Waals surface area contributed by atoms with Gasteiger partial charge in [-0.3, -0.25) is 14.9 Å². The van der Waals surface area contributed by atoms with Crippen LogP contribution < -0.4 is 0 Å². The molecule has 4 heteroatoms. The smallest absolute Gasteiger partial charge is 0.273 e. The zero-order valence-corrected chi connectivity index (χ0v) is 8.45. The van der Waals surface area contributed by atoms with Crippen LogP contribution >= 0.6 is 0 Å². The van der Waals surface area contributed by atoms with Gasteiger partial charge in [0.25, 0.3) is 5.69 Å². The second-order valence-electron chi connectivity index (χ2n) is 3.83. The molecular weight excluding hydrogens is 194 g/mol. The molecule has 0 bridgehead atoms. The van der Waals surface area contributed by atoms with Gasteiger partial charge in [-0.1, -0.05) is 0 Å². The Morgan fingerprint density at radius 3 is 2.73 bits per heavy atom. The minimum absolute atomic E-state index is 0.0272. The first-order valence-electron chi connectivity index (χ1n) is 4.90. The molecule has 78 valence electrons. The summed E-state index contributed by atoms with van der Waals surface area (Å²) in [6, 6.07) is 3.19. The van der Waals surface area contributed by atoms with Gasteiger partial charge in [0.15, 0.2) is 5.78 Å². The number of fused-ring (bicyclic) bond motifs is 1. The number of ketones is 1. The molecule has 0 radical (unpaired) electrons. The summed E-state index contributed by atoms with van der Waals surface area (Å²) in [6.45, 7) is 1.71. The Morgan fingerprint density at radius 2 is 2.07 bits per heavy atom. The van der Waals surface area contributed by atoms with Crippen LogP contribution in [0.15, 0.2) is 12.1 Å². The Labute approximate surface area is 87.1 Å². The van der Waals surface area contributed by atoms with Crippen molar-refractivity contribution in [3.05, 3.63) is 38.9 Å². The average Bonchev–Trinajstić information content (AvgIpc) is 2.16. The second kappa shape index (κ2) is 3.46. The summed E-state index contributed by atoms with van der Waals surface area (Å²) in [4.78, 5) is 21.8. The van der Waals surface area contributed by atoms with Crippen molar-refractivity contribution in [1.29, 1.82) is 0 Å². The number of nitrogens with zero attached hydrogens (tertiary/aromatic N) is 1. The molecule has 15 heavy (non-hydrogen) atoms. The van der Waals surface area contributed by atoms with E-state index in [2.05, 4.69) is 0 Å². The lowest BCUT2D eigenvalue weighted by Gasteiger charge is -2.14. The topological polar surface area (TPSA) is 60.2 Å². The lowest BCUT2D eigenvalue weighted by molar-refractivity contribution is -0.385. The van der Waals surface area contributed by atoms with E-state index in [9.17, 15) is 14.9 Å². The van der Waals surface area contributed by atoms with Crippen molar-refractivity contribution in [3.8, 4) is 0 Å². The Morgan fingerprint density at radius 1 is 1.33 bits per heavy atom. The van der Waals surface area contributed by atoms with Gasteiger partial charge in [0.2, 0.25) is 0 Å². The van der Waals surface area contributed by atoms with Gasteiger partial charge in [-0.2, -0.15) is 0 Å². The van der Waals surface area contributed by atoms with Crippen LogP contribution in [0.1, 0.15) is 34.3 Å². The molecule has 1 aromatic carbocycles. The molecule has 0 fully saturated rings. The average molecular weight is 205 g/mol. The first kappa shape index (κ1) is 9.83. The number of Topliss-reactive ketones (excluding diaryl/α,β-unsaturated/α-hetero) is 1. The quantitative estimate of drug-likeness (QED) is 0.522. The Hall–Kier alpha value is -1.71. The van der Waals surface area contributed by atoms with Crippen molar-refractivity contribution in [2.24, 2.45) is 0 Å². The summed E-state index contributed by atoms with van der Waals surface area (Å²) in [5.74, 6) is 0.0272. The Kier molecular flexibility index (Phi) is 2.26. The molecule has 0 saturated heterocycles. The van der Waals surface area contributed by atoms with Crippen LogP contribution in [0.25, 0.3) is 0 Å². The van der Waals surface area contributed by atoms with Gasteiger partial charge in [0, 0.05) is 23.6 Å². The van der Waals surface area contributed by atoms with Gasteiger partial charge in [0.1, 0.15) is 0 Å². The van der Waals surface area contributed by atoms with E-state index in [4.69, 9.17) is 0 Å². The summed E-state index contributed by atoms with van der Waals surface area (Å²) in [6.07, 6.45) is 2.20. The lowest BCUT2D eigenvalue weighted by Crippen LogP contribution is -2.11.